The highest BCUT2D eigenvalue weighted by atomic mass is 127. The molecular formula is C11H10IN5O4. The van der Waals surface area contributed by atoms with Crippen LogP contribution in [0.5, 0.6) is 0 Å². The summed E-state index contributed by atoms with van der Waals surface area (Å²) in [6, 6.07) is 4.86. The van der Waals surface area contributed by atoms with Gasteiger partial charge in [0.1, 0.15) is 5.69 Å². The highest BCUT2D eigenvalue weighted by molar-refractivity contribution is 14.1. The van der Waals surface area contributed by atoms with E-state index in [1.165, 1.54) is 16.9 Å². The van der Waals surface area contributed by atoms with Gasteiger partial charge < -0.3 is 10.4 Å². The lowest BCUT2D eigenvalue weighted by Gasteiger charge is -2.07. The van der Waals surface area contributed by atoms with Crippen LogP contribution in [0.3, 0.4) is 0 Å². The van der Waals surface area contributed by atoms with Gasteiger partial charge in [0.2, 0.25) is 0 Å². The van der Waals surface area contributed by atoms with Gasteiger partial charge in [-0.05, 0) is 34.7 Å². The van der Waals surface area contributed by atoms with Crippen LogP contribution in [0.1, 0.15) is 10.5 Å². The lowest BCUT2D eigenvalue weighted by atomic mass is 10.2. The predicted octanol–water partition coefficient (Wildman–Crippen LogP) is 1.60. The van der Waals surface area contributed by atoms with Gasteiger partial charge in [-0.3, -0.25) is 10.1 Å². The zero-order valence-corrected chi connectivity index (χ0v) is 12.7. The molecule has 0 amide bonds. The maximum Gasteiger partial charge on any atom is 0.358 e. The van der Waals surface area contributed by atoms with Gasteiger partial charge >= 0.3 is 5.97 Å². The fourth-order valence-electron chi connectivity index (χ4n) is 1.62. The van der Waals surface area contributed by atoms with Crippen molar-refractivity contribution in [2.45, 2.75) is 6.54 Å². The molecule has 0 saturated carbocycles. The fraction of sp³-hybridized carbons (Fsp3) is 0.182. The second-order valence-electron chi connectivity index (χ2n) is 4.02. The molecule has 1 aromatic carbocycles. The molecule has 0 radical (unpaired) electrons. The smallest absolute Gasteiger partial charge is 0.358 e. The first-order valence-electron chi connectivity index (χ1n) is 5.78. The van der Waals surface area contributed by atoms with E-state index in [2.05, 4.69) is 15.6 Å². The highest BCUT2D eigenvalue weighted by Gasteiger charge is 2.14. The summed E-state index contributed by atoms with van der Waals surface area (Å²) in [6.45, 7) is 0.688. The van der Waals surface area contributed by atoms with Crippen molar-refractivity contribution in [2.75, 3.05) is 11.9 Å². The monoisotopic (exact) mass is 403 g/mol. The molecule has 1 heterocycles. The number of halogens is 1. The standard InChI is InChI=1S/C11H10IN5O4/c12-7-1-2-8(10(5-7)17(20)21)13-3-4-16-6-9(11(18)19)14-15-16/h1-2,5-6,13H,3-4H2,(H,18,19). The number of rotatable bonds is 6. The van der Waals surface area contributed by atoms with Crippen LogP contribution >= 0.6 is 22.6 Å². The summed E-state index contributed by atoms with van der Waals surface area (Å²) in [5, 5.41) is 29.7. The molecule has 10 heteroatoms. The Morgan fingerprint density at radius 2 is 2.29 bits per heavy atom. The normalized spacial score (nSPS) is 10.3. The number of carbonyl (C=O) groups is 1. The van der Waals surface area contributed by atoms with E-state index in [0.717, 1.165) is 3.57 Å². The summed E-state index contributed by atoms with van der Waals surface area (Å²) in [5.41, 5.74) is 0.251. The third-order valence-electron chi connectivity index (χ3n) is 2.57. The zero-order valence-electron chi connectivity index (χ0n) is 10.6. The van der Waals surface area contributed by atoms with Crippen molar-refractivity contribution in [1.82, 2.24) is 15.0 Å². The number of nitro benzene ring substituents is 1. The number of aromatic nitrogens is 3. The maximum absolute atomic E-state index is 11.0. The summed E-state index contributed by atoms with van der Waals surface area (Å²) in [4.78, 5) is 21.2. The quantitative estimate of drug-likeness (QED) is 0.427. The number of nitro groups is 1. The number of hydrogen-bond acceptors (Lipinski definition) is 6. The van der Waals surface area contributed by atoms with Crippen LogP contribution in [0.4, 0.5) is 11.4 Å². The van der Waals surface area contributed by atoms with Crippen molar-refractivity contribution in [3.05, 3.63) is 43.8 Å². The van der Waals surface area contributed by atoms with Crippen LogP contribution in [-0.2, 0) is 6.54 Å². The highest BCUT2D eigenvalue weighted by Crippen LogP contribution is 2.25. The Morgan fingerprint density at radius 3 is 2.90 bits per heavy atom. The summed E-state index contributed by atoms with van der Waals surface area (Å²) >= 11 is 2.00. The van der Waals surface area contributed by atoms with Gasteiger partial charge in [-0.1, -0.05) is 5.21 Å². The number of carboxylic acids is 1. The number of carboxylic acid groups (broad SMARTS) is 1. The van der Waals surface area contributed by atoms with E-state index in [4.69, 9.17) is 5.11 Å². The van der Waals surface area contributed by atoms with Gasteiger partial charge in [0.15, 0.2) is 5.69 Å². The van der Waals surface area contributed by atoms with E-state index >= 15 is 0 Å². The fourth-order valence-corrected chi connectivity index (χ4v) is 2.09. The van der Waals surface area contributed by atoms with E-state index in [9.17, 15) is 14.9 Å². The maximum atomic E-state index is 11.0. The van der Waals surface area contributed by atoms with Crippen LogP contribution in [0.25, 0.3) is 0 Å². The predicted molar refractivity (Wildman–Crippen MR) is 81.3 cm³/mol. The molecule has 0 aliphatic heterocycles. The van der Waals surface area contributed by atoms with E-state index in [1.54, 1.807) is 12.1 Å². The minimum absolute atomic E-state index is 0.00767. The number of anilines is 1. The Labute approximate surface area is 132 Å². The van der Waals surface area contributed by atoms with Crippen molar-refractivity contribution in [1.29, 1.82) is 0 Å². The van der Waals surface area contributed by atoms with E-state index in [-0.39, 0.29) is 11.4 Å². The molecule has 9 nitrogen and oxygen atoms in total. The Bertz CT molecular complexity index is 687. The summed E-state index contributed by atoms with van der Waals surface area (Å²) in [6.07, 6.45) is 1.30. The van der Waals surface area contributed by atoms with E-state index < -0.39 is 10.9 Å². The second kappa shape index (κ2) is 6.47. The average Bonchev–Trinajstić information content (AvgIpc) is 2.89. The van der Waals surface area contributed by atoms with Gasteiger partial charge in [0.05, 0.1) is 17.7 Å². The number of nitrogens with zero attached hydrogens (tertiary/aromatic N) is 4. The number of benzene rings is 1. The number of nitrogens with one attached hydrogen (secondary N) is 1. The van der Waals surface area contributed by atoms with E-state index in [1.807, 2.05) is 22.6 Å². The van der Waals surface area contributed by atoms with Crippen LogP contribution in [0.15, 0.2) is 24.4 Å². The Morgan fingerprint density at radius 1 is 1.52 bits per heavy atom. The van der Waals surface area contributed by atoms with Crippen molar-refractivity contribution in [3.8, 4) is 0 Å². The molecule has 0 unspecified atom stereocenters. The van der Waals surface area contributed by atoms with Crippen molar-refractivity contribution < 1.29 is 14.8 Å². The molecule has 0 atom stereocenters. The lowest BCUT2D eigenvalue weighted by molar-refractivity contribution is -0.384. The van der Waals surface area contributed by atoms with E-state index in [0.29, 0.717) is 18.8 Å². The van der Waals surface area contributed by atoms with Crippen molar-refractivity contribution in [3.63, 3.8) is 0 Å². The Hall–Kier alpha value is -2.24. The van der Waals surface area contributed by atoms with Crippen LogP contribution in [0, 0.1) is 13.7 Å². The molecule has 0 saturated heterocycles. The van der Waals surface area contributed by atoms with Gasteiger partial charge in [-0.15, -0.1) is 5.10 Å². The largest absolute Gasteiger partial charge is 0.476 e. The second-order valence-corrected chi connectivity index (χ2v) is 5.26. The van der Waals surface area contributed by atoms with Crippen LogP contribution in [-0.4, -0.2) is 37.5 Å². The number of aromatic carboxylic acids is 1. The average molecular weight is 403 g/mol. The third-order valence-corrected chi connectivity index (χ3v) is 3.24. The van der Waals surface area contributed by atoms with Crippen LogP contribution in [0.2, 0.25) is 0 Å². The van der Waals surface area contributed by atoms with Crippen molar-refractivity contribution >= 4 is 39.9 Å². The first kappa shape index (κ1) is 15.2. The SMILES string of the molecule is O=C(O)c1cn(CCNc2ccc(I)cc2[N+](=O)[O-])nn1. The molecule has 0 aliphatic carbocycles. The summed E-state index contributed by atoms with van der Waals surface area (Å²) < 4.78 is 2.13. The summed E-state index contributed by atoms with van der Waals surface area (Å²) in [5.74, 6) is -1.15. The van der Waals surface area contributed by atoms with Gasteiger partial charge in [0, 0.05) is 16.2 Å². The molecule has 2 aromatic rings. The Kier molecular flexibility index (Phi) is 4.67. The first-order chi connectivity index (χ1) is 9.97. The molecule has 0 spiro atoms. The van der Waals surface area contributed by atoms with Gasteiger partial charge in [0.25, 0.3) is 5.69 Å². The third kappa shape index (κ3) is 3.87. The van der Waals surface area contributed by atoms with Crippen molar-refractivity contribution in [2.24, 2.45) is 0 Å². The Balaban J connectivity index is 2.00. The molecule has 1 aromatic heterocycles. The molecule has 2 rings (SSSR count). The minimum atomic E-state index is -1.15. The van der Waals surface area contributed by atoms with Gasteiger partial charge in [-0.25, -0.2) is 9.48 Å². The summed E-state index contributed by atoms with van der Waals surface area (Å²) in [7, 11) is 0. The van der Waals surface area contributed by atoms with Gasteiger partial charge in [-0.2, -0.15) is 0 Å². The molecule has 0 fully saturated rings. The topological polar surface area (TPSA) is 123 Å². The zero-order chi connectivity index (χ0) is 15.4. The molecule has 2 N–H and O–H groups in total. The molecular weight excluding hydrogens is 393 g/mol. The molecule has 0 bridgehead atoms. The molecule has 21 heavy (non-hydrogen) atoms. The minimum Gasteiger partial charge on any atom is -0.476 e. The lowest BCUT2D eigenvalue weighted by Crippen LogP contribution is -2.12. The van der Waals surface area contributed by atoms with Crippen LogP contribution < -0.4 is 5.32 Å². The molecule has 0 aliphatic rings. The first-order valence-corrected chi connectivity index (χ1v) is 6.86. The number of hydrogen-bond donors (Lipinski definition) is 2. The molecule has 110 valence electrons.